The number of oxime groups is 1. The molecular weight excluding hydrogens is 245 g/mol. The monoisotopic (exact) mass is 267 g/mol. The molecule has 0 amide bonds. The van der Waals surface area contributed by atoms with Crippen molar-refractivity contribution in [3.05, 3.63) is 34.6 Å². The van der Waals surface area contributed by atoms with Gasteiger partial charge in [-0.15, -0.1) is 0 Å². The minimum Gasteiger partial charge on any atom is -0.409 e. The van der Waals surface area contributed by atoms with Crippen LogP contribution < -0.4 is 11.1 Å². The Hall–Kier alpha value is -1.62. The molecule has 1 rings (SSSR count). The van der Waals surface area contributed by atoms with Crippen molar-refractivity contribution in [3.8, 4) is 0 Å². The van der Waals surface area contributed by atoms with Gasteiger partial charge in [-0.3, -0.25) is 0 Å². The van der Waals surface area contributed by atoms with Crippen molar-refractivity contribution < 1.29 is 9.60 Å². The number of nitrogens with zero attached hydrogens (tertiary/aromatic N) is 1. The Morgan fingerprint density at radius 3 is 2.53 bits per heavy atom. The topological polar surface area (TPSA) is 70.6 Å². The highest BCUT2D eigenvalue weighted by atomic mass is 19.1. The zero-order chi connectivity index (χ0) is 14.3. The maximum absolute atomic E-state index is 13.4. The van der Waals surface area contributed by atoms with Crippen LogP contribution in [0.4, 0.5) is 4.39 Å². The fraction of sp³-hybridized carbons (Fsp3) is 0.500. The number of halogens is 1. The second-order valence-corrected chi connectivity index (χ2v) is 4.77. The van der Waals surface area contributed by atoms with Crippen LogP contribution in [0.5, 0.6) is 0 Å². The molecule has 0 atom stereocenters. The number of amidine groups is 1. The third-order valence-corrected chi connectivity index (χ3v) is 2.99. The molecule has 0 radical (unpaired) electrons. The Kier molecular flexibility index (Phi) is 6.29. The van der Waals surface area contributed by atoms with Gasteiger partial charge in [-0.05, 0) is 49.9 Å². The van der Waals surface area contributed by atoms with Gasteiger partial charge in [0.25, 0.3) is 0 Å². The average molecular weight is 267 g/mol. The number of nitrogens with one attached hydrogen (secondary N) is 1. The summed E-state index contributed by atoms with van der Waals surface area (Å²) in [6.07, 6.45) is 2.44. The first-order valence-electron chi connectivity index (χ1n) is 6.47. The lowest BCUT2D eigenvalue weighted by atomic mass is 10.1. The lowest BCUT2D eigenvalue weighted by Gasteiger charge is -2.08. The summed E-state index contributed by atoms with van der Waals surface area (Å²) in [5, 5.41) is 14.6. The Morgan fingerprint density at radius 2 is 1.95 bits per heavy atom. The second kappa shape index (κ2) is 7.74. The zero-order valence-corrected chi connectivity index (χ0v) is 11.5. The van der Waals surface area contributed by atoms with Crippen LogP contribution in [0.1, 0.15) is 36.0 Å². The molecule has 4 N–H and O–H groups in total. The van der Waals surface area contributed by atoms with Crippen LogP contribution in [-0.2, 0) is 6.54 Å². The normalized spacial score (nSPS) is 11.8. The molecule has 0 spiro atoms. The van der Waals surface area contributed by atoms with E-state index in [4.69, 9.17) is 10.9 Å². The summed E-state index contributed by atoms with van der Waals surface area (Å²) < 4.78 is 13.4. The molecule has 5 heteroatoms. The molecule has 0 saturated heterocycles. The van der Waals surface area contributed by atoms with Gasteiger partial charge in [-0.2, -0.15) is 0 Å². The van der Waals surface area contributed by atoms with E-state index in [0.29, 0.717) is 17.5 Å². The van der Waals surface area contributed by atoms with Crippen molar-refractivity contribution in [1.29, 1.82) is 0 Å². The number of rotatable bonds is 7. The van der Waals surface area contributed by atoms with E-state index in [1.54, 1.807) is 13.8 Å². The summed E-state index contributed by atoms with van der Waals surface area (Å²) in [6, 6.07) is 3.73. The van der Waals surface area contributed by atoms with Crippen molar-refractivity contribution in [2.45, 2.75) is 39.7 Å². The van der Waals surface area contributed by atoms with Crippen molar-refractivity contribution in [2.24, 2.45) is 10.9 Å². The van der Waals surface area contributed by atoms with E-state index in [1.165, 1.54) is 0 Å². The summed E-state index contributed by atoms with van der Waals surface area (Å²) >= 11 is 0. The van der Waals surface area contributed by atoms with E-state index >= 15 is 0 Å². The standard InChI is InChI=1S/C14H22FN3O/c1-10-7-12(8-11(2)14(10)15)9-17-6-4-3-5-13(16)18-19/h7-8,17,19H,3-6,9H2,1-2H3,(H2,16,18). The van der Waals surface area contributed by atoms with Gasteiger partial charge in [0.1, 0.15) is 11.7 Å². The van der Waals surface area contributed by atoms with Crippen molar-refractivity contribution >= 4 is 5.84 Å². The maximum Gasteiger partial charge on any atom is 0.139 e. The maximum atomic E-state index is 13.4. The first-order valence-corrected chi connectivity index (χ1v) is 6.47. The Bertz CT molecular complexity index is 423. The van der Waals surface area contributed by atoms with E-state index in [9.17, 15) is 4.39 Å². The zero-order valence-electron chi connectivity index (χ0n) is 11.5. The van der Waals surface area contributed by atoms with Gasteiger partial charge < -0.3 is 16.3 Å². The number of aryl methyl sites for hydroxylation is 2. The summed E-state index contributed by atoms with van der Waals surface area (Å²) in [5.74, 6) is 0.146. The Morgan fingerprint density at radius 1 is 1.32 bits per heavy atom. The molecule has 106 valence electrons. The predicted molar refractivity (Wildman–Crippen MR) is 74.8 cm³/mol. The van der Waals surface area contributed by atoms with Crippen LogP contribution in [0.25, 0.3) is 0 Å². The third-order valence-electron chi connectivity index (χ3n) is 2.99. The molecule has 0 aliphatic rings. The average Bonchev–Trinajstić information content (AvgIpc) is 2.39. The highest BCUT2D eigenvalue weighted by Crippen LogP contribution is 2.14. The summed E-state index contributed by atoms with van der Waals surface area (Å²) in [7, 11) is 0. The fourth-order valence-corrected chi connectivity index (χ4v) is 1.98. The first kappa shape index (κ1) is 15.4. The molecule has 1 aromatic rings. The molecule has 0 fully saturated rings. The van der Waals surface area contributed by atoms with E-state index < -0.39 is 0 Å². The fourth-order valence-electron chi connectivity index (χ4n) is 1.98. The van der Waals surface area contributed by atoms with Crippen molar-refractivity contribution in [3.63, 3.8) is 0 Å². The lowest BCUT2D eigenvalue weighted by molar-refractivity contribution is 0.316. The van der Waals surface area contributed by atoms with Crippen LogP contribution in [0.3, 0.4) is 0 Å². The number of nitrogens with two attached hydrogens (primary N) is 1. The molecule has 1 aromatic carbocycles. The van der Waals surface area contributed by atoms with Crippen LogP contribution in [-0.4, -0.2) is 17.6 Å². The molecule has 0 aliphatic carbocycles. The molecule has 4 nitrogen and oxygen atoms in total. The van der Waals surface area contributed by atoms with Gasteiger partial charge in [-0.1, -0.05) is 17.3 Å². The number of unbranched alkanes of at least 4 members (excludes halogenated alkanes) is 1. The summed E-state index contributed by atoms with van der Waals surface area (Å²) in [6.45, 7) is 5.14. The van der Waals surface area contributed by atoms with Crippen LogP contribution in [0.2, 0.25) is 0 Å². The van der Waals surface area contributed by atoms with Gasteiger partial charge >= 0.3 is 0 Å². The molecule has 0 aromatic heterocycles. The van der Waals surface area contributed by atoms with Gasteiger partial charge in [0.05, 0.1) is 0 Å². The van der Waals surface area contributed by atoms with Crippen LogP contribution in [0, 0.1) is 19.7 Å². The smallest absolute Gasteiger partial charge is 0.139 e. The van der Waals surface area contributed by atoms with Gasteiger partial charge in [-0.25, -0.2) is 4.39 Å². The number of benzene rings is 1. The molecule has 0 unspecified atom stereocenters. The molecule has 0 saturated carbocycles. The summed E-state index contributed by atoms with van der Waals surface area (Å²) in [5.41, 5.74) is 7.83. The Balaban J connectivity index is 2.27. The van der Waals surface area contributed by atoms with Crippen LogP contribution in [0.15, 0.2) is 17.3 Å². The van der Waals surface area contributed by atoms with Crippen molar-refractivity contribution in [1.82, 2.24) is 5.32 Å². The number of hydrogen-bond acceptors (Lipinski definition) is 3. The van der Waals surface area contributed by atoms with E-state index in [0.717, 1.165) is 31.5 Å². The number of hydrogen-bond donors (Lipinski definition) is 3. The second-order valence-electron chi connectivity index (χ2n) is 4.77. The minimum absolute atomic E-state index is 0.123. The third kappa shape index (κ3) is 5.26. The van der Waals surface area contributed by atoms with Gasteiger partial charge in [0.2, 0.25) is 0 Å². The SMILES string of the molecule is Cc1cc(CNCCCCC(N)=NO)cc(C)c1F. The van der Waals surface area contributed by atoms with Gasteiger partial charge in [0.15, 0.2) is 0 Å². The molecular formula is C14H22FN3O. The lowest BCUT2D eigenvalue weighted by Crippen LogP contribution is -2.16. The quantitative estimate of drug-likeness (QED) is 0.234. The summed E-state index contributed by atoms with van der Waals surface area (Å²) in [4.78, 5) is 0. The minimum atomic E-state index is -0.123. The molecule has 19 heavy (non-hydrogen) atoms. The van der Waals surface area contributed by atoms with Gasteiger partial charge in [0, 0.05) is 13.0 Å². The largest absolute Gasteiger partial charge is 0.409 e. The van der Waals surface area contributed by atoms with Crippen LogP contribution >= 0.6 is 0 Å². The molecule has 0 bridgehead atoms. The van der Waals surface area contributed by atoms with E-state index in [-0.39, 0.29) is 11.7 Å². The first-order chi connectivity index (χ1) is 9.04. The van der Waals surface area contributed by atoms with E-state index in [2.05, 4.69) is 10.5 Å². The molecule has 0 heterocycles. The molecule has 0 aliphatic heterocycles. The van der Waals surface area contributed by atoms with Crippen molar-refractivity contribution in [2.75, 3.05) is 6.54 Å². The highest BCUT2D eigenvalue weighted by Gasteiger charge is 2.03. The Labute approximate surface area is 113 Å². The predicted octanol–water partition coefficient (Wildman–Crippen LogP) is 2.45. The highest BCUT2D eigenvalue weighted by molar-refractivity contribution is 5.79. The van der Waals surface area contributed by atoms with E-state index in [1.807, 2.05) is 12.1 Å².